The van der Waals surface area contributed by atoms with Gasteiger partial charge < -0.3 is 15.6 Å². The maximum absolute atomic E-state index is 9.32. The fraction of sp³-hybridized carbons (Fsp3) is 0.250. The molecule has 0 spiro atoms. The summed E-state index contributed by atoms with van der Waals surface area (Å²) in [6.07, 6.45) is 0.849. The molecule has 2 aromatic rings. The molecule has 19 heavy (non-hydrogen) atoms. The molecule has 0 heterocycles. The summed E-state index contributed by atoms with van der Waals surface area (Å²) in [5.41, 5.74) is 7.84. The molecule has 0 unspecified atom stereocenters. The van der Waals surface area contributed by atoms with E-state index in [-0.39, 0.29) is 12.6 Å². The zero-order valence-electron chi connectivity index (χ0n) is 11.0. The van der Waals surface area contributed by atoms with Crippen LogP contribution in [0.15, 0.2) is 48.5 Å². The first-order chi connectivity index (χ1) is 9.26. The van der Waals surface area contributed by atoms with Crippen LogP contribution in [0.1, 0.15) is 30.5 Å². The molecule has 0 fully saturated rings. The Hall–Kier alpha value is -1.84. The van der Waals surface area contributed by atoms with E-state index in [2.05, 4.69) is 0 Å². The predicted octanol–water partition coefficient (Wildman–Crippen LogP) is 3.38. The molecule has 0 bridgehead atoms. The van der Waals surface area contributed by atoms with Gasteiger partial charge in [0.25, 0.3) is 0 Å². The zero-order chi connectivity index (χ0) is 13.7. The Labute approximate surface area is 113 Å². The van der Waals surface area contributed by atoms with Crippen LogP contribution < -0.4 is 10.5 Å². The smallest absolute Gasteiger partial charge is 0.132 e. The van der Waals surface area contributed by atoms with Gasteiger partial charge in [-0.25, -0.2) is 0 Å². The third-order valence-corrected chi connectivity index (χ3v) is 3.12. The molecule has 0 aliphatic rings. The van der Waals surface area contributed by atoms with Crippen LogP contribution in [0.5, 0.6) is 11.5 Å². The van der Waals surface area contributed by atoms with Crippen molar-refractivity contribution >= 4 is 0 Å². The number of rotatable bonds is 5. The first-order valence-electron chi connectivity index (χ1n) is 6.47. The highest BCUT2D eigenvalue weighted by molar-refractivity contribution is 5.42. The van der Waals surface area contributed by atoms with Gasteiger partial charge in [0.1, 0.15) is 11.5 Å². The van der Waals surface area contributed by atoms with Gasteiger partial charge in [0.15, 0.2) is 0 Å². The fourth-order valence-corrected chi connectivity index (χ4v) is 1.95. The highest BCUT2D eigenvalue weighted by Crippen LogP contribution is 2.31. The molecular formula is C16H19NO2. The molecule has 1 atom stereocenters. The summed E-state index contributed by atoms with van der Waals surface area (Å²) >= 11 is 0. The zero-order valence-corrected chi connectivity index (χ0v) is 11.0. The van der Waals surface area contributed by atoms with Gasteiger partial charge in [0, 0.05) is 17.2 Å². The van der Waals surface area contributed by atoms with Gasteiger partial charge in [-0.05, 0) is 18.6 Å². The number of nitrogens with two attached hydrogens (primary N) is 1. The van der Waals surface area contributed by atoms with Crippen LogP contribution in [0.3, 0.4) is 0 Å². The van der Waals surface area contributed by atoms with E-state index in [1.54, 1.807) is 0 Å². The topological polar surface area (TPSA) is 55.5 Å². The van der Waals surface area contributed by atoms with E-state index in [1.807, 2.05) is 55.5 Å². The van der Waals surface area contributed by atoms with Crippen LogP contribution in [0.2, 0.25) is 0 Å². The molecule has 0 saturated carbocycles. The highest BCUT2D eigenvalue weighted by atomic mass is 16.5. The average Bonchev–Trinajstić information content (AvgIpc) is 2.47. The lowest BCUT2D eigenvalue weighted by molar-refractivity contribution is 0.276. The second kappa shape index (κ2) is 6.36. The minimum atomic E-state index is -0.0440. The van der Waals surface area contributed by atoms with Crippen LogP contribution in [-0.2, 0) is 6.61 Å². The fourth-order valence-electron chi connectivity index (χ4n) is 1.95. The van der Waals surface area contributed by atoms with Crippen LogP contribution in [0.25, 0.3) is 0 Å². The van der Waals surface area contributed by atoms with E-state index in [1.165, 1.54) is 0 Å². The molecule has 3 nitrogen and oxygen atoms in total. The van der Waals surface area contributed by atoms with Crippen molar-refractivity contribution in [2.45, 2.75) is 26.0 Å². The van der Waals surface area contributed by atoms with Crippen molar-refractivity contribution in [3.63, 3.8) is 0 Å². The number of ether oxygens (including phenoxy) is 1. The number of hydrogen-bond acceptors (Lipinski definition) is 3. The number of benzene rings is 2. The molecule has 0 radical (unpaired) electrons. The van der Waals surface area contributed by atoms with Gasteiger partial charge in [-0.3, -0.25) is 0 Å². The Morgan fingerprint density at radius 3 is 2.37 bits per heavy atom. The standard InChI is InChI=1S/C16H19NO2/c1-2-14(17)13-8-4-6-10-16(13)19-15-9-5-3-7-12(15)11-18/h3-10,14,18H,2,11,17H2,1H3/t14-/m0/s1. The molecule has 0 saturated heterocycles. The number of aliphatic hydroxyl groups excluding tert-OH is 1. The summed E-state index contributed by atoms with van der Waals surface area (Å²) in [6.45, 7) is 2.00. The van der Waals surface area contributed by atoms with Gasteiger partial charge in [-0.15, -0.1) is 0 Å². The van der Waals surface area contributed by atoms with Crippen LogP contribution in [-0.4, -0.2) is 5.11 Å². The summed E-state index contributed by atoms with van der Waals surface area (Å²) in [6, 6.07) is 15.2. The highest BCUT2D eigenvalue weighted by Gasteiger charge is 2.11. The van der Waals surface area contributed by atoms with Crippen molar-refractivity contribution in [3.05, 3.63) is 59.7 Å². The third-order valence-electron chi connectivity index (χ3n) is 3.12. The molecule has 0 amide bonds. The van der Waals surface area contributed by atoms with Crippen molar-refractivity contribution in [2.75, 3.05) is 0 Å². The van der Waals surface area contributed by atoms with E-state index in [0.717, 1.165) is 23.3 Å². The van der Waals surface area contributed by atoms with Crippen LogP contribution >= 0.6 is 0 Å². The SMILES string of the molecule is CC[C@H](N)c1ccccc1Oc1ccccc1CO. The van der Waals surface area contributed by atoms with Gasteiger partial charge in [0.2, 0.25) is 0 Å². The minimum Gasteiger partial charge on any atom is -0.457 e. The maximum atomic E-state index is 9.32. The molecule has 3 heteroatoms. The number of para-hydroxylation sites is 2. The maximum Gasteiger partial charge on any atom is 0.132 e. The second-order valence-electron chi connectivity index (χ2n) is 4.42. The van der Waals surface area contributed by atoms with Crippen molar-refractivity contribution in [1.82, 2.24) is 0 Å². The van der Waals surface area contributed by atoms with Crippen molar-refractivity contribution < 1.29 is 9.84 Å². The second-order valence-corrected chi connectivity index (χ2v) is 4.42. The molecule has 0 aliphatic heterocycles. The first-order valence-corrected chi connectivity index (χ1v) is 6.47. The lowest BCUT2D eigenvalue weighted by atomic mass is 10.0. The van der Waals surface area contributed by atoms with E-state index >= 15 is 0 Å². The van der Waals surface area contributed by atoms with Gasteiger partial charge >= 0.3 is 0 Å². The van der Waals surface area contributed by atoms with E-state index < -0.39 is 0 Å². The Morgan fingerprint density at radius 2 is 1.68 bits per heavy atom. The molecule has 2 aromatic carbocycles. The molecule has 0 aliphatic carbocycles. The van der Waals surface area contributed by atoms with Gasteiger partial charge in [-0.1, -0.05) is 43.3 Å². The Bertz CT molecular complexity index is 540. The van der Waals surface area contributed by atoms with E-state index in [4.69, 9.17) is 10.5 Å². The number of hydrogen-bond donors (Lipinski definition) is 2. The summed E-state index contributed by atoms with van der Waals surface area (Å²) in [5.74, 6) is 1.42. The summed E-state index contributed by atoms with van der Waals surface area (Å²) < 4.78 is 5.91. The Morgan fingerprint density at radius 1 is 1.05 bits per heavy atom. The van der Waals surface area contributed by atoms with Crippen molar-refractivity contribution in [1.29, 1.82) is 0 Å². The van der Waals surface area contributed by atoms with E-state index in [9.17, 15) is 5.11 Å². The average molecular weight is 257 g/mol. The number of aliphatic hydroxyl groups is 1. The van der Waals surface area contributed by atoms with Crippen LogP contribution in [0, 0.1) is 0 Å². The quantitative estimate of drug-likeness (QED) is 0.863. The molecular weight excluding hydrogens is 238 g/mol. The minimum absolute atomic E-state index is 0.0435. The normalized spacial score (nSPS) is 12.2. The molecule has 3 N–H and O–H groups in total. The third kappa shape index (κ3) is 3.13. The molecule has 0 aromatic heterocycles. The molecule has 2 rings (SSSR count). The van der Waals surface area contributed by atoms with Gasteiger partial charge in [-0.2, -0.15) is 0 Å². The molecule has 100 valence electrons. The lowest BCUT2D eigenvalue weighted by Gasteiger charge is -2.16. The first kappa shape index (κ1) is 13.6. The van der Waals surface area contributed by atoms with Gasteiger partial charge in [0.05, 0.1) is 6.61 Å². The van der Waals surface area contributed by atoms with Crippen molar-refractivity contribution in [3.8, 4) is 11.5 Å². The monoisotopic (exact) mass is 257 g/mol. The van der Waals surface area contributed by atoms with E-state index in [0.29, 0.717) is 5.75 Å². The predicted molar refractivity (Wildman–Crippen MR) is 76.1 cm³/mol. The van der Waals surface area contributed by atoms with Crippen LogP contribution in [0.4, 0.5) is 0 Å². The van der Waals surface area contributed by atoms with Crippen molar-refractivity contribution in [2.24, 2.45) is 5.73 Å². The largest absolute Gasteiger partial charge is 0.457 e. The Balaban J connectivity index is 2.33. The summed E-state index contributed by atoms with van der Waals surface area (Å²) in [5, 5.41) is 9.32. The Kier molecular flexibility index (Phi) is 4.55. The lowest BCUT2D eigenvalue weighted by Crippen LogP contribution is -2.10. The summed E-state index contributed by atoms with van der Waals surface area (Å²) in [4.78, 5) is 0. The summed E-state index contributed by atoms with van der Waals surface area (Å²) in [7, 11) is 0.